The second-order valence-corrected chi connectivity index (χ2v) is 6.14. The lowest BCUT2D eigenvalue weighted by atomic mass is 10.1. The summed E-state index contributed by atoms with van der Waals surface area (Å²) in [5.74, 6) is 0.247. The SMILES string of the molecule is Cn1ncc(Br)c1CC(=O)N1CCC(=O)N2CCCC21. The number of nitrogens with zero attached hydrogens (tertiary/aromatic N) is 4. The fourth-order valence-electron chi connectivity index (χ4n) is 3.04. The van der Waals surface area contributed by atoms with Crippen LogP contribution < -0.4 is 0 Å². The van der Waals surface area contributed by atoms with Crippen LogP contribution in [0.2, 0.25) is 0 Å². The van der Waals surface area contributed by atoms with Crippen LogP contribution in [0.5, 0.6) is 0 Å². The maximum atomic E-state index is 12.5. The van der Waals surface area contributed by atoms with Crippen molar-refractivity contribution < 1.29 is 9.59 Å². The van der Waals surface area contributed by atoms with Gasteiger partial charge in [0, 0.05) is 26.6 Å². The third-order valence-electron chi connectivity index (χ3n) is 4.12. The summed E-state index contributed by atoms with van der Waals surface area (Å²) in [6.45, 7) is 1.32. The molecule has 2 fully saturated rings. The van der Waals surface area contributed by atoms with Gasteiger partial charge in [-0.3, -0.25) is 14.3 Å². The summed E-state index contributed by atoms with van der Waals surface area (Å²) >= 11 is 3.42. The number of aromatic nitrogens is 2. The van der Waals surface area contributed by atoms with Gasteiger partial charge in [-0.05, 0) is 28.8 Å². The molecule has 20 heavy (non-hydrogen) atoms. The summed E-state index contributed by atoms with van der Waals surface area (Å²) in [6, 6.07) is 0. The highest BCUT2D eigenvalue weighted by Gasteiger charge is 2.39. The molecule has 7 heteroatoms. The number of rotatable bonds is 2. The zero-order chi connectivity index (χ0) is 14.3. The van der Waals surface area contributed by atoms with Gasteiger partial charge in [0.25, 0.3) is 0 Å². The predicted octanol–water partition coefficient (Wildman–Crippen LogP) is 0.906. The second-order valence-electron chi connectivity index (χ2n) is 5.29. The van der Waals surface area contributed by atoms with Crippen molar-refractivity contribution >= 4 is 27.7 Å². The zero-order valence-electron chi connectivity index (χ0n) is 11.4. The summed E-state index contributed by atoms with van der Waals surface area (Å²) in [5.41, 5.74) is 0.872. The first-order chi connectivity index (χ1) is 9.58. The molecule has 3 rings (SSSR count). The summed E-state index contributed by atoms with van der Waals surface area (Å²) in [7, 11) is 1.83. The molecule has 2 saturated heterocycles. The Bertz CT molecular complexity index is 537. The number of hydrogen-bond acceptors (Lipinski definition) is 3. The molecule has 6 nitrogen and oxygen atoms in total. The normalized spacial score (nSPS) is 22.3. The van der Waals surface area contributed by atoms with Crippen molar-refractivity contribution in [1.82, 2.24) is 19.6 Å². The molecule has 0 aliphatic carbocycles. The third kappa shape index (κ3) is 2.24. The van der Waals surface area contributed by atoms with E-state index in [1.54, 1.807) is 10.9 Å². The minimum atomic E-state index is -0.0317. The molecule has 0 aromatic carbocycles. The lowest BCUT2D eigenvalue weighted by Gasteiger charge is -2.39. The number of halogens is 1. The van der Waals surface area contributed by atoms with E-state index in [0.29, 0.717) is 19.4 Å². The van der Waals surface area contributed by atoms with Gasteiger partial charge in [0.05, 0.1) is 22.8 Å². The first kappa shape index (κ1) is 13.6. The highest BCUT2D eigenvalue weighted by molar-refractivity contribution is 9.10. The molecule has 0 saturated carbocycles. The quantitative estimate of drug-likeness (QED) is 0.803. The van der Waals surface area contributed by atoms with Crippen LogP contribution >= 0.6 is 15.9 Å². The fraction of sp³-hybridized carbons (Fsp3) is 0.615. The predicted molar refractivity (Wildman–Crippen MR) is 75.7 cm³/mol. The van der Waals surface area contributed by atoms with Gasteiger partial charge in [0.15, 0.2) is 0 Å². The van der Waals surface area contributed by atoms with E-state index < -0.39 is 0 Å². The van der Waals surface area contributed by atoms with Crippen molar-refractivity contribution in [2.75, 3.05) is 13.1 Å². The van der Waals surface area contributed by atoms with Crippen molar-refractivity contribution in [3.8, 4) is 0 Å². The van der Waals surface area contributed by atoms with Gasteiger partial charge >= 0.3 is 0 Å². The lowest BCUT2D eigenvalue weighted by Crippen LogP contribution is -2.55. The summed E-state index contributed by atoms with van der Waals surface area (Å²) in [6.07, 6.45) is 4.30. The number of carbonyl (C=O) groups excluding carboxylic acids is 2. The van der Waals surface area contributed by atoms with Crippen LogP contribution in [0.25, 0.3) is 0 Å². The fourth-order valence-corrected chi connectivity index (χ4v) is 3.53. The van der Waals surface area contributed by atoms with Crippen LogP contribution in [0, 0.1) is 0 Å². The van der Waals surface area contributed by atoms with Crippen LogP contribution in [0.1, 0.15) is 25.0 Å². The molecule has 3 heterocycles. The van der Waals surface area contributed by atoms with Gasteiger partial charge in [-0.15, -0.1) is 0 Å². The number of fused-ring (bicyclic) bond motifs is 1. The van der Waals surface area contributed by atoms with Crippen LogP contribution in [-0.2, 0) is 23.1 Å². The highest BCUT2D eigenvalue weighted by Crippen LogP contribution is 2.27. The number of carbonyl (C=O) groups is 2. The van der Waals surface area contributed by atoms with Crippen LogP contribution in [-0.4, -0.2) is 50.6 Å². The second kappa shape index (κ2) is 5.20. The van der Waals surface area contributed by atoms with Crippen molar-refractivity contribution in [1.29, 1.82) is 0 Å². The first-order valence-electron chi connectivity index (χ1n) is 6.83. The van der Waals surface area contributed by atoms with Crippen molar-refractivity contribution in [2.45, 2.75) is 31.8 Å². The maximum absolute atomic E-state index is 12.5. The van der Waals surface area contributed by atoms with Gasteiger partial charge in [0.1, 0.15) is 6.17 Å². The van der Waals surface area contributed by atoms with E-state index in [-0.39, 0.29) is 18.0 Å². The molecule has 0 bridgehead atoms. The van der Waals surface area contributed by atoms with Gasteiger partial charge in [-0.1, -0.05) is 0 Å². The topological polar surface area (TPSA) is 58.4 Å². The van der Waals surface area contributed by atoms with E-state index in [1.165, 1.54) is 0 Å². The van der Waals surface area contributed by atoms with E-state index in [0.717, 1.165) is 29.6 Å². The third-order valence-corrected chi connectivity index (χ3v) is 4.78. The Kier molecular flexibility index (Phi) is 3.54. The maximum Gasteiger partial charge on any atom is 0.230 e. The Morgan fingerprint density at radius 2 is 2.30 bits per heavy atom. The number of aryl methyl sites for hydroxylation is 1. The minimum absolute atomic E-state index is 0.0317. The molecular formula is C13H17BrN4O2. The lowest BCUT2D eigenvalue weighted by molar-refractivity contribution is -0.150. The van der Waals surface area contributed by atoms with Gasteiger partial charge < -0.3 is 9.80 Å². The first-order valence-corrected chi connectivity index (χ1v) is 7.62. The standard InChI is InChI=1S/C13H17BrN4O2/c1-16-10(9(14)8-15-16)7-13(20)18-6-4-12(19)17-5-2-3-11(17)18/h8,11H,2-7H2,1H3. The Hall–Kier alpha value is -1.37. The Balaban J connectivity index is 1.76. The summed E-state index contributed by atoms with van der Waals surface area (Å²) in [5, 5.41) is 4.13. The largest absolute Gasteiger partial charge is 0.322 e. The smallest absolute Gasteiger partial charge is 0.230 e. The Labute approximate surface area is 125 Å². The molecule has 0 spiro atoms. The van der Waals surface area contributed by atoms with Crippen molar-refractivity contribution in [2.24, 2.45) is 7.05 Å². The van der Waals surface area contributed by atoms with E-state index in [2.05, 4.69) is 21.0 Å². The molecule has 1 unspecified atom stereocenters. The molecule has 108 valence electrons. The Morgan fingerprint density at radius 3 is 3.00 bits per heavy atom. The Morgan fingerprint density at radius 1 is 1.50 bits per heavy atom. The van der Waals surface area contributed by atoms with Gasteiger partial charge in [-0.25, -0.2) is 0 Å². The van der Waals surface area contributed by atoms with E-state index in [4.69, 9.17) is 0 Å². The van der Waals surface area contributed by atoms with E-state index in [9.17, 15) is 9.59 Å². The van der Waals surface area contributed by atoms with Crippen LogP contribution in [0.4, 0.5) is 0 Å². The highest BCUT2D eigenvalue weighted by atomic mass is 79.9. The molecule has 2 aliphatic rings. The van der Waals surface area contributed by atoms with Crippen LogP contribution in [0.3, 0.4) is 0 Å². The molecule has 1 aromatic rings. The molecule has 2 amide bonds. The molecule has 1 atom stereocenters. The molecule has 1 aromatic heterocycles. The average Bonchev–Trinajstić information content (AvgIpc) is 3.02. The molecular weight excluding hydrogens is 324 g/mol. The minimum Gasteiger partial charge on any atom is -0.322 e. The molecule has 2 aliphatic heterocycles. The van der Waals surface area contributed by atoms with Crippen molar-refractivity contribution in [3.05, 3.63) is 16.4 Å². The van der Waals surface area contributed by atoms with E-state index in [1.807, 2.05) is 16.8 Å². The molecule has 0 radical (unpaired) electrons. The number of hydrogen-bond donors (Lipinski definition) is 0. The van der Waals surface area contributed by atoms with Gasteiger partial charge in [-0.2, -0.15) is 5.10 Å². The molecule has 0 N–H and O–H groups in total. The average molecular weight is 341 g/mol. The van der Waals surface area contributed by atoms with Gasteiger partial charge in [0.2, 0.25) is 11.8 Å². The van der Waals surface area contributed by atoms with E-state index >= 15 is 0 Å². The monoisotopic (exact) mass is 340 g/mol. The zero-order valence-corrected chi connectivity index (χ0v) is 13.0. The van der Waals surface area contributed by atoms with Crippen molar-refractivity contribution in [3.63, 3.8) is 0 Å². The summed E-state index contributed by atoms with van der Waals surface area (Å²) in [4.78, 5) is 28.1. The summed E-state index contributed by atoms with van der Waals surface area (Å²) < 4.78 is 2.56. The number of amides is 2. The van der Waals surface area contributed by atoms with Crippen LogP contribution in [0.15, 0.2) is 10.7 Å².